The number of anilines is 2. The van der Waals surface area contributed by atoms with Crippen molar-refractivity contribution in [2.24, 2.45) is 0 Å². The third-order valence-corrected chi connectivity index (χ3v) is 6.69. The van der Waals surface area contributed by atoms with Gasteiger partial charge < -0.3 is 14.8 Å². The zero-order chi connectivity index (χ0) is 24.8. The van der Waals surface area contributed by atoms with Crippen molar-refractivity contribution in [3.8, 4) is 22.6 Å². The average Bonchev–Trinajstić information content (AvgIpc) is 2.89. The van der Waals surface area contributed by atoms with Crippen LogP contribution < -0.4 is 19.5 Å². The Bertz CT molecular complexity index is 1440. The first-order valence-electron chi connectivity index (χ1n) is 10.7. The van der Waals surface area contributed by atoms with Gasteiger partial charge in [0.05, 0.1) is 19.1 Å². The van der Waals surface area contributed by atoms with Crippen molar-refractivity contribution in [1.29, 1.82) is 0 Å². The van der Waals surface area contributed by atoms with E-state index in [1.54, 1.807) is 62.8 Å². The minimum Gasteiger partial charge on any atom is -0.497 e. The van der Waals surface area contributed by atoms with E-state index in [0.717, 1.165) is 16.9 Å². The van der Waals surface area contributed by atoms with Crippen molar-refractivity contribution in [3.05, 3.63) is 103 Å². The van der Waals surface area contributed by atoms with Gasteiger partial charge >= 0.3 is 0 Å². The number of carbonyl (C=O) groups is 1. The smallest absolute Gasteiger partial charge is 0.261 e. The quantitative estimate of drug-likeness (QED) is 0.345. The monoisotopic (exact) mass is 488 g/mol. The molecule has 4 rings (SSSR count). The molecule has 0 saturated carbocycles. The Labute approximate surface area is 204 Å². The predicted octanol–water partition coefficient (Wildman–Crippen LogP) is 5.42. The van der Waals surface area contributed by atoms with E-state index < -0.39 is 10.0 Å². The Hall–Kier alpha value is -4.30. The molecule has 0 heterocycles. The third-order valence-electron chi connectivity index (χ3n) is 5.29. The molecular formula is C27H24N2O5S. The van der Waals surface area contributed by atoms with Gasteiger partial charge in [-0.05, 0) is 66.2 Å². The summed E-state index contributed by atoms with van der Waals surface area (Å²) in [7, 11) is -0.578. The van der Waals surface area contributed by atoms with Gasteiger partial charge in [-0.1, -0.05) is 36.4 Å². The third kappa shape index (κ3) is 5.62. The lowest BCUT2D eigenvalue weighted by molar-refractivity contribution is 0.102. The van der Waals surface area contributed by atoms with Gasteiger partial charge in [-0.3, -0.25) is 9.52 Å². The predicted molar refractivity (Wildman–Crippen MR) is 137 cm³/mol. The molecule has 35 heavy (non-hydrogen) atoms. The van der Waals surface area contributed by atoms with Crippen LogP contribution in [0, 0.1) is 0 Å². The summed E-state index contributed by atoms with van der Waals surface area (Å²) < 4.78 is 38.5. The summed E-state index contributed by atoms with van der Waals surface area (Å²) in [5.41, 5.74) is 2.86. The second kappa shape index (κ2) is 10.3. The molecule has 0 aliphatic heterocycles. The van der Waals surface area contributed by atoms with Crippen LogP contribution in [0.1, 0.15) is 10.4 Å². The summed E-state index contributed by atoms with van der Waals surface area (Å²) in [5, 5.41) is 2.87. The van der Waals surface area contributed by atoms with Crippen molar-refractivity contribution < 1.29 is 22.7 Å². The molecule has 0 aliphatic rings. The normalized spacial score (nSPS) is 10.9. The molecule has 0 aliphatic carbocycles. The van der Waals surface area contributed by atoms with Crippen molar-refractivity contribution in [3.63, 3.8) is 0 Å². The first-order chi connectivity index (χ1) is 16.9. The van der Waals surface area contributed by atoms with Crippen molar-refractivity contribution >= 4 is 27.3 Å². The summed E-state index contributed by atoms with van der Waals surface area (Å²) in [4.78, 5) is 13.1. The Morgan fingerprint density at radius 2 is 1.49 bits per heavy atom. The van der Waals surface area contributed by atoms with Crippen LogP contribution in [0.15, 0.2) is 102 Å². The molecule has 0 bridgehead atoms. The van der Waals surface area contributed by atoms with Crippen LogP contribution in [0.25, 0.3) is 11.1 Å². The van der Waals surface area contributed by atoms with E-state index in [0.29, 0.717) is 17.0 Å². The van der Waals surface area contributed by atoms with E-state index >= 15 is 0 Å². The number of hydrogen-bond acceptors (Lipinski definition) is 5. The van der Waals surface area contributed by atoms with Gasteiger partial charge in [-0.15, -0.1) is 0 Å². The van der Waals surface area contributed by atoms with Gasteiger partial charge in [0.2, 0.25) is 0 Å². The highest BCUT2D eigenvalue weighted by atomic mass is 32.2. The van der Waals surface area contributed by atoms with E-state index in [4.69, 9.17) is 9.47 Å². The Morgan fingerprint density at radius 3 is 2.17 bits per heavy atom. The zero-order valence-corrected chi connectivity index (χ0v) is 20.0. The Morgan fingerprint density at radius 1 is 0.743 bits per heavy atom. The van der Waals surface area contributed by atoms with Crippen molar-refractivity contribution in [2.75, 3.05) is 24.3 Å². The molecule has 0 unspecified atom stereocenters. The molecule has 2 N–H and O–H groups in total. The lowest BCUT2D eigenvalue weighted by Crippen LogP contribution is -2.15. The van der Waals surface area contributed by atoms with Gasteiger partial charge in [0.1, 0.15) is 11.5 Å². The van der Waals surface area contributed by atoms with Gasteiger partial charge in [-0.2, -0.15) is 0 Å². The topological polar surface area (TPSA) is 93.7 Å². The number of ether oxygens (including phenoxy) is 2. The molecule has 0 radical (unpaired) electrons. The maximum absolute atomic E-state index is 13.0. The molecule has 1 amide bonds. The minimum atomic E-state index is -3.77. The molecule has 0 atom stereocenters. The van der Waals surface area contributed by atoms with Crippen LogP contribution in [0.3, 0.4) is 0 Å². The van der Waals surface area contributed by atoms with E-state index in [1.807, 2.05) is 30.3 Å². The summed E-state index contributed by atoms with van der Waals surface area (Å²) >= 11 is 0. The Kier molecular flexibility index (Phi) is 7.03. The van der Waals surface area contributed by atoms with Crippen molar-refractivity contribution in [1.82, 2.24) is 0 Å². The van der Waals surface area contributed by atoms with Gasteiger partial charge in [0.25, 0.3) is 15.9 Å². The number of benzene rings is 4. The highest BCUT2D eigenvalue weighted by Gasteiger charge is 2.15. The molecule has 0 fully saturated rings. The summed E-state index contributed by atoms with van der Waals surface area (Å²) in [6.07, 6.45) is 0. The molecular weight excluding hydrogens is 464 g/mol. The molecule has 4 aromatic carbocycles. The van der Waals surface area contributed by atoms with E-state index in [9.17, 15) is 13.2 Å². The minimum absolute atomic E-state index is 0.138. The van der Waals surface area contributed by atoms with Crippen LogP contribution in [0.5, 0.6) is 11.5 Å². The van der Waals surface area contributed by atoms with Gasteiger partial charge in [0, 0.05) is 22.5 Å². The largest absolute Gasteiger partial charge is 0.497 e. The molecule has 0 aromatic heterocycles. The van der Waals surface area contributed by atoms with Crippen LogP contribution in [-0.2, 0) is 10.0 Å². The Balaban J connectivity index is 1.55. The zero-order valence-electron chi connectivity index (χ0n) is 19.2. The highest BCUT2D eigenvalue weighted by molar-refractivity contribution is 7.92. The van der Waals surface area contributed by atoms with Gasteiger partial charge in [0.15, 0.2) is 0 Å². The maximum Gasteiger partial charge on any atom is 0.261 e. The fourth-order valence-electron chi connectivity index (χ4n) is 3.52. The second-order valence-electron chi connectivity index (χ2n) is 7.60. The number of hydrogen-bond donors (Lipinski definition) is 2. The fraction of sp³-hybridized carbons (Fsp3) is 0.0741. The summed E-state index contributed by atoms with van der Waals surface area (Å²) in [5.74, 6) is 1.02. The number of methoxy groups -OCH3 is 2. The molecule has 8 heteroatoms. The van der Waals surface area contributed by atoms with Crippen LogP contribution in [0.4, 0.5) is 11.4 Å². The van der Waals surface area contributed by atoms with Crippen molar-refractivity contribution in [2.45, 2.75) is 4.90 Å². The molecule has 0 saturated heterocycles. The van der Waals surface area contributed by atoms with Crippen LogP contribution in [-0.4, -0.2) is 28.5 Å². The number of rotatable bonds is 8. The fourth-order valence-corrected chi connectivity index (χ4v) is 4.59. The number of nitrogens with one attached hydrogen (secondary N) is 2. The number of carbonyl (C=O) groups excluding carboxylic acids is 1. The summed E-state index contributed by atoms with van der Waals surface area (Å²) in [6.45, 7) is 0. The standard InChI is InChI=1S/C27H24N2O5S/c1-33-23-14-11-19(12-15-23)25-18-21(13-16-26(25)34-2)28-27(30)20-7-6-8-22(17-20)29-35(31,32)24-9-4-3-5-10-24/h3-18,29H,1-2H3,(H,28,30). The van der Waals surface area contributed by atoms with Gasteiger partial charge in [-0.25, -0.2) is 8.42 Å². The lowest BCUT2D eigenvalue weighted by atomic mass is 10.0. The first-order valence-corrected chi connectivity index (χ1v) is 12.2. The molecule has 4 aromatic rings. The van der Waals surface area contributed by atoms with Crippen LogP contribution in [0.2, 0.25) is 0 Å². The van der Waals surface area contributed by atoms with E-state index in [-0.39, 0.29) is 16.5 Å². The number of sulfonamides is 1. The lowest BCUT2D eigenvalue weighted by Gasteiger charge is -2.13. The molecule has 178 valence electrons. The number of amides is 1. The van der Waals surface area contributed by atoms with E-state index in [1.165, 1.54) is 18.2 Å². The maximum atomic E-state index is 13.0. The molecule has 0 spiro atoms. The first kappa shape index (κ1) is 23.8. The molecule has 7 nitrogen and oxygen atoms in total. The van der Waals surface area contributed by atoms with Crippen LogP contribution >= 0.6 is 0 Å². The highest BCUT2D eigenvalue weighted by Crippen LogP contribution is 2.33. The average molecular weight is 489 g/mol. The SMILES string of the molecule is COc1ccc(-c2cc(NC(=O)c3cccc(NS(=O)(=O)c4ccccc4)c3)ccc2OC)cc1. The van der Waals surface area contributed by atoms with E-state index in [2.05, 4.69) is 10.0 Å². The summed E-state index contributed by atoms with van der Waals surface area (Å²) in [6, 6.07) is 27.2. The second-order valence-corrected chi connectivity index (χ2v) is 9.28.